The minimum atomic E-state index is -3.94. The third-order valence-corrected chi connectivity index (χ3v) is 4.64. The van der Waals surface area contributed by atoms with Gasteiger partial charge in [-0.2, -0.15) is 0 Å². The molecule has 2 rings (SSSR count). The van der Waals surface area contributed by atoms with Gasteiger partial charge in [-0.25, -0.2) is 18.4 Å². The highest BCUT2D eigenvalue weighted by Crippen LogP contribution is 2.31. The zero-order valence-corrected chi connectivity index (χ0v) is 13.6. The standard InChI is InChI=1S/C11H8Cl3N3O3S/c1-20-8-3-2-6(4-7(8)12)21(18,19)17-9-10(13)15-5-16-11(9)14/h2-5,17H,1H3. The van der Waals surface area contributed by atoms with Gasteiger partial charge in [0.25, 0.3) is 10.0 Å². The molecule has 1 N–H and O–H groups in total. The fraction of sp³-hybridized carbons (Fsp3) is 0.0909. The van der Waals surface area contributed by atoms with Crippen molar-refractivity contribution in [2.75, 3.05) is 11.8 Å². The molecular weight excluding hydrogens is 361 g/mol. The molecule has 0 spiro atoms. The molecule has 0 aliphatic heterocycles. The van der Waals surface area contributed by atoms with Crippen molar-refractivity contribution in [2.45, 2.75) is 4.90 Å². The third-order valence-electron chi connectivity index (χ3n) is 2.42. The molecule has 0 saturated carbocycles. The summed E-state index contributed by atoms with van der Waals surface area (Å²) in [6.45, 7) is 0. The molecule has 2 aromatic rings. The predicted molar refractivity (Wildman–Crippen MR) is 80.9 cm³/mol. The quantitative estimate of drug-likeness (QED) is 0.838. The Labute approximate surface area is 136 Å². The van der Waals surface area contributed by atoms with Crippen LogP contribution in [0.5, 0.6) is 5.75 Å². The van der Waals surface area contributed by atoms with Crippen LogP contribution in [0.25, 0.3) is 0 Å². The van der Waals surface area contributed by atoms with E-state index in [0.717, 1.165) is 6.33 Å². The average Bonchev–Trinajstić information content (AvgIpc) is 2.43. The van der Waals surface area contributed by atoms with Gasteiger partial charge in [-0.1, -0.05) is 34.8 Å². The van der Waals surface area contributed by atoms with E-state index in [-0.39, 0.29) is 25.9 Å². The maximum absolute atomic E-state index is 12.3. The van der Waals surface area contributed by atoms with Gasteiger partial charge in [0.2, 0.25) is 0 Å². The summed E-state index contributed by atoms with van der Waals surface area (Å²) in [4.78, 5) is 7.24. The van der Waals surface area contributed by atoms with Crippen LogP contribution in [0.4, 0.5) is 5.69 Å². The molecule has 21 heavy (non-hydrogen) atoms. The van der Waals surface area contributed by atoms with Gasteiger partial charge in [-0.05, 0) is 18.2 Å². The Bertz CT molecular complexity index is 763. The van der Waals surface area contributed by atoms with Gasteiger partial charge in [-0.3, -0.25) is 4.72 Å². The number of benzene rings is 1. The van der Waals surface area contributed by atoms with Crippen molar-refractivity contribution in [2.24, 2.45) is 0 Å². The number of rotatable bonds is 4. The average molecular weight is 369 g/mol. The van der Waals surface area contributed by atoms with Crippen LogP contribution in [0, 0.1) is 0 Å². The number of hydrogen-bond donors (Lipinski definition) is 1. The maximum atomic E-state index is 12.3. The van der Waals surface area contributed by atoms with E-state index in [1.54, 1.807) is 0 Å². The Morgan fingerprint density at radius 1 is 1.14 bits per heavy atom. The molecule has 112 valence electrons. The molecule has 0 radical (unpaired) electrons. The minimum absolute atomic E-state index is 0.0794. The molecule has 0 aliphatic carbocycles. The van der Waals surface area contributed by atoms with E-state index >= 15 is 0 Å². The zero-order valence-electron chi connectivity index (χ0n) is 10.5. The van der Waals surface area contributed by atoms with Crippen molar-refractivity contribution in [1.82, 2.24) is 9.97 Å². The van der Waals surface area contributed by atoms with Crippen molar-refractivity contribution >= 4 is 50.5 Å². The topological polar surface area (TPSA) is 81.2 Å². The Balaban J connectivity index is 2.41. The molecule has 0 fully saturated rings. The molecule has 0 aliphatic rings. The van der Waals surface area contributed by atoms with Crippen LogP contribution in [-0.2, 0) is 10.0 Å². The van der Waals surface area contributed by atoms with E-state index in [1.807, 2.05) is 0 Å². The summed E-state index contributed by atoms with van der Waals surface area (Å²) in [7, 11) is -2.52. The first-order chi connectivity index (χ1) is 9.85. The number of aromatic nitrogens is 2. The Morgan fingerprint density at radius 2 is 1.76 bits per heavy atom. The lowest BCUT2D eigenvalue weighted by atomic mass is 10.3. The first kappa shape index (κ1) is 16.1. The van der Waals surface area contributed by atoms with E-state index in [0.29, 0.717) is 5.75 Å². The van der Waals surface area contributed by atoms with E-state index in [9.17, 15) is 8.42 Å². The van der Waals surface area contributed by atoms with Crippen LogP contribution < -0.4 is 9.46 Å². The summed E-state index contributed by atoms with van der Waals surface area (Å²) < 4.78 is 31.7. The fourth-order valence-corrected chi connectivity index (χ4v) is 3.38. The van der Waals surface area contributed by atoms with Crippen LogP contribution in [0.15, 0.2) is 29.4 Å². The molecule has 0 atom stereocenters. The number of nitrogens with zero attached hydrogens (tertiary/aromatic N) is 2. The van der Waals surface area contributed by atoms with Gasteiger partial charge in [0.1, 0.15) is 17.8 Å². The maximum Gasteiger partial charge on any atom is 0.262 e. The zero-order chi connectivity index (χ0) is 15.6. The first-order valence-electron chi connectivity index (χ1n) is 5.37. The van der Waals surface area contributed by atoms with Gasteiger partial charge in [0.05, 0.1) is 17.0 Å². The van der Waals surface area contributed by atoms with Gasteiger partial charge >= 0.3 is 0 Å². The lowest BCUT2D eigenvalue weighted by molar-refractivity contribution is 0.414. The lowest BCUT2D eigenvalue weighted by Gasteiger charge is -2.11. The fourth-order valence-electron chi connectivity index (χ4n) is 1.44. The number of methoxy groups -OCH3 is 1. The monoisotopic (exact) mass is 367 g/mol. The number of ether oxygens (including phenoxy) is 1. The Hall–Kier alpha value is -1.28. The van der Waals surface area contributed by atoms with E-state index in [2.05, 4.69) is 14.7 Å². The summed E-state index contributed by atoms with van der Waals surface area (Å²) in [5.41, 5.74) is -0.104. The van der Waals surface area contributed by atoms with Crippen LogP contribution in [-0.4, -0.2) is 25.5 Å². The molecule has 10 heteroatoms. The number of nitrogens with one attached hydrogen (secondary N) is 1. The van der Waals surface area contributed by atoms with E-state index < -0.39 is 10.0 Å². The van der Waals surface area contributed by atoms with Crippen molar-refractivity contribution in [3.63, 3.8) is 0 Å². The number of sulfonamides is 1. The highest BCUT2D eigenvalue weighted by Gasteiger charge is 2.20. The highest BCUT2D eigenvalue weighted by atomic mass is 35.5. The van der Waals surface area contributed by atoms with Crippen molar-refractivity contribution < 1.29 is 13.2 Å². The molecule has 1 aromatic carbocycles. The van der Waals surface area contributed by atoms with Crippen LogP contribution in [0.1, 0.15) is 0 Å². The van der Waals surface area contributed by atoms with Crippen LogP contribution in [0.2, 0.25) is 15.3 Å². The summed E-state index contributed by atoms with van der Waals surface area (Å²) in [5.74, 6) is 0.356. The molecule has 0 bridgehead atoms. The molecule has 0 saturated heterocycles. The minimum Gasteiger partial charge on any atom is -0.495 e. The second kappa shape index (κ2) is 6.23. The lowest BCUT2D eigenvalue weighted by Crippen LogP contribution is -2.14. The van der Waals surface area contributed by atoms with Crippen molar-refractivity contribution in [3.8, 4) is 5.75 Å². The summed E-state index contributed by atoms with van der Waals surface area (Å²) in [5, 5.41) is -0.0711. The molecule has 1 heterocycles. The second-order valence-corrected chi connectivity index (χ2v) is 6.54. The normalized spacial score (nSPS) is 11.2. The molecule has 0 unspecified atom stereocenters. The molecule has 0 amide bonds. The van der Waals surface area contributed by atoms with Crippen molar-refractivity contribution in [3.05, 3.63) is 39.9 Å². The van der Waals surface area contributed by atoms with E-state index in [4.69, 9.17) is 39.5 Å². The Kier molecular flexibility index (Phi) is 4.77. The summed E-state index contributed by atoms with van der Waals surface area (Å²) >= 11 is 17.5. The van der Waals surface area contributed by atoms with E-state index in [1.165, 1.54) is 25.3 Å². The SMILES string of the molecule is COc1ccc(S(=O)(=O)Nc2c(Cl)ncnc2Cl)cc1Cl. The van der Waals surface area contributed by atoms with Crippen LogP contribution >= 0.6 is 34.8 Å². The highest BCUT2D eigenvalue weighted by molar-refractivity contribution is 7.92. The smallest absolute Gasteiger partial charge is 0.262 e. The number of hydrogen-bond acceptors (Lipinski definition) is 5. The summed E-state index contributed by atoms with van der Waals surface area (Å²) in [6, 6.07) is 4.01. The van der Waals surface area contributed by atoms with Gasteiger partial charge < -0.3 is 4.74 Å². The summed E-state index contributed by atoms with van der Waals surface area (Å²) in [6.07, 6.45) is 1.12. The van der Waals surface area contributed by atoms with Crippen LogP contribution in [0.3, 0.4) is 0 Å². The second-order valence-electron chi connectivity index (χ2n) is 3.73. The van der Waals surface area contributed by atoms with Crippen molar-refractivity contribution in [1.29, 1.82) is 0 Å². The van der Waals surface area contributed by atoms with Gasteiger partial charge in [-0.15, -0.1) is 0 Å². The third kappa shape index (κ3) is 3.49. The Morgan fingerprint density at radius 3 is 2.29 bits per heavy atom. The molecular formula is C11H8Cl3N3O3S. The predicted octanol–water partition coefficient (Wildman–Crippen LogP) is 3.25. The van der Waals surface area contributed by atoms with Gasteiger partial charge in [0, 0.05) is 0 Å². The molecule has 1 aromatic heterocycles. The largest absolute Gasteiger partial charge is 0.495 e. The number of halogens is 3. The number of anilines is 1. The van der Waals surface area contributed by atoms with Gasteiger partial charge in [0.15, 0.2) is 10.3 Å². The molecule has 6 nitrogen and oxygen atoms in total. The first-order valence-corrected chi connectivity index (χ1v) is 7.99.